The molecule has 0 aliphatic rings. The Balaban J connectivity index is 2.19. The van der Waals surface area contributed by atoms with E-state index in [9.17, 15) is 17.8 Å². The Bertz CT molecular complexity index is 1600. The van der Waals surface area contributed by atoms with Crippen LogP contribution in [-0.4, -0.2) is 31.9 Å². The summed E-state index contributed by atoms with van der Waals surface area (Å²) in [7, 11) is -6.74. The molecule has 1 aromatic heterocycles. The molecule has 0 saturated heterocycles. The largest absolute Gasteiger partial charge is 0.497 e. The van der Waals surface area contributed by atoms with Crippen molar-refractivity contribution in [1.29, 1.82) is 0 Å². The Hall–Kier alpha value is -2.90. The van der Waals surface area contributed by atoms with E-state index in [0.717, 1.165) is 3.97 Å². The second-order valence-corrected chi connectivity index (χ2v) is 12.8. The van der Waals surface area contributed by atoms with Crippen molar-refractivity contribution in [2.24, 2.45) is 0 Å². The number of ketones is 1. The van der Waals surface area contributed by atoms with Crippen LogP contribution in [0.2, 0.25) is 5.02 Å². The van der Waals surface area contributed by atoms with Crippen molar-refractivity contribution in [3.8, 4) is 5.75 Å². The van der Waals surface area contributed by atoms with Crippen molar-refractivity contribution in [3.63, 3.8) is 0 Å². The molecular formula is C27H27ClNO6PS. The van der Waals surface area contributed by atoms with E-state index in [4.69, 9.17) is 20.9 Å². The maximum atomic E-state index is 14.9. The molecule has 10 heteroatoms. The molecule has 7 nitrogen and oxygen atoms in total. The van der Waals surface area contributed by atoms with Gasteiger partial charge in [-0.1, -0.05) is 36.7 Å². The molecule has 0 N–H and O–H groups in total. The van der Waals surface area contributed by atoms with Gasteiger partial charge in [0.05, 0.1) is 29.4 Å². The monoisotopic (exact) mass is 559 g/mol. The zero-order valence-corrected chi connectivity index (χ0v) is 23.1. The van der Waals surface area contributed by atoms with Gasteiger partial charge in [0.2, 0.25) is 0 Å². The molecule has 0 aliphatic carbocycles. The lowest BCUT2D eigenvalue weighted by Crippen LogP contribution is -2.27. The zero-order chi connectivity index (χ0) is 26.8. The molecule has 1 heterocycles. The molecule has 37 heavy (non-hydrogen) atoms. The van der Waals surface area contributed by atoms with Gasteiger partial charge in [-0.25, -0.2) is 12.4 Å². The number of Topliss-reactive ketones (excluding diaryl/α,β-unsaturated/α-hetero) is 1. The summed E-state index contributed by atoms with van der Waals surface area (Å²) in [6.45, 7) is 3.57. The van der Waals surface area contributed by atoms with Gasteiger partial charge in [0.15, 0.2) is 5.78 Å². The highest BCUT2D eigenvalue weighted by Gasteiger charge is 2.40. The molecule has 1 atom stereocenters. The third-order valence-corrected chi connectivity index (χ3v) is 10.5. The minimum atomic E-state index is -4.26. The number of carbonyl (C=O) groups excluding carboxylic acids is 1. The summed E-state index contributed by atoms with van der Waals surface area (Å²) < 4.78 is 55.1. The third-order valence-electron chi connectivity index (χ3n) is 5.90. The molecule has 0 bridgehead atoms. The highest BCUT2D eigenvalue weighted by Crippen LogP contribution is 2.49. The molecule has 3 aromatic carbocycles. The van der Waals surface area contributed by atoms with Crippen LogP contribution in [0.5, 0.6) is 5.75 Å². The minimum Gasteiger partial charge on any atom is -0.497 e. The summed E-state index contributed by atoms with van der Waals surface area (Å²) in [4.78, 5) is 13.7. The average molecular weight is 560 g/mol. The average Bonchev–Trinajstić information content (AvgIpc) is 3.25. The second-order valence-electron chi connectivity index (χ2n) is 8.28. The number of carbonyl (C=O) groups is 1. The summed E-state index contributed by atoms with van der Waals surface area (Å²) in [6.07, 6.45) is 0.517. The van der Waals surface area contributed by atoms with E-state index in [0.29, 0.717) is 22.5 Å². The summed E-state index contributed by atoms with van der Waals surface area (Å²) >= 11 is 6.35. The van der Waals surface area contributed by atoms with Gasteiger partial charge in [-0.15, -0.1) is 0 Å². The first-order valence-corrected chi connectivity index (χ1v) is 15.2. The molecule has 0 fully saturated rings. The molecule has 0 radical (unpaired) electrons. The number of hydrogen-bond donors (Lipinski definition) is 0. The standard InChI is InChI=1S/C27H27ClNO6PS/c1-4-9-25(30)26-27(36(31,35-5-2)21-15-13-20(34-3)14-16-21)23-18-19(28)12-17-24(23)29(26)37(32,33)22-10-7-6-8-11-22/h6-8,10-18H,4-5,9H2,1-3H3. The Morgan fingerprint density at radius 2 is 1.68 bits per heavy atom. The lowest BCUT2D eigenvalue weighted by molar-refractivity contribution is 0.0977. The molecule has 0 spiro atoms. The summed E-state index contributed by atoms with van der Waals surface area (Å²) in [5.41, 5.74) is 0.00622. The van der Waals surface area contributed by atoms with Crippen molar-refractivity contribution >= 4 is 56.3 Å². The van der Waals surface area contributed by atoms with Crippen LogP contribution in [0.25, 0.3) is 10.9 Å². The molecule has 4 rings (SSSR count). The van der Waals surface area contributed by atoms with Gasteiger partial charge in [-0.2, -0.15) is 0 Å². The third kappa shape index (κ3) is 4.87. The number of nitrogens with zero attached hydrogens (tertiary/aromatic N) is 1. The normalized spacial score (nSPS) is 13.4. The molecule has 194 valence electrons. The molecule has 4 aromatic rings. The van der Waals surface area contributed by atoms with Crippen molar-refractivity contribution in [3.05, 3.63) is 83.5 Å². The number of hydrogen-bond acceptors (Lipinski definition) is 6. The number of aromatic nitrogens is 1. The van der Waals surface area contributed by atoms with Crippen LogP contribution in [-0.2, 0) is 19.1 Å². The maximum Gasteiger partial charge on any atom is 0.268 e. The number of methoxy groups -OCH3 is 1. The quantitative estimate of drug-likeness (QED) is 0.180. The Morgan fingerprint density at radius 1 is 1.00 bits per heavy atom. The summed E-state index contributed by atoms with van der Waals surface area (Å²) in [5.74, 6) is 0.0870. The summed E-state index contributed by atoms with van der Waals surface area (Å²) in [6, 6.07) is 18.9. The van der Waals surface area contributed by atoms with Crippen molar-refractivity contribution in [2.75, 3.05) is 13.7 Å². The molecule has 0 saturated carbocycles. The Kier molecular flexibility index (Phi) is 7.95. The minimum absolute atomic E-state index is 0.00496. The van der Waals surface area contributed by atoms with Crippen molar-refractivity contribution in [2.45, 2.75) is 31.6 Å². The van der Waals surface area contributed by atoms with E-state index >= 15 is 0 Å². The lowest BCUT2D eigenvalue weighted by atomic mass is 10.1. The number of ether oxygens (including phenoxy) is 1. The topological polar surface area (TPSA) is 91.7 Å². The fourth-order valence-corrected chi connectivity index (χ4v) is 8.53. The van der Waals surface area contributed by atoms with E-state index in [2.05, 4.69) is 0 Å². The smallest absolute Gasteiger partial charge is 0.268 e. The van der Waals surface area contributed by atoms with Gasteiger partial charge >= 0.3 is 0 Å². The Morgan fingerprint density at radius 3 is 2.27 bits per heavy atom. The lowest BCUT2D eigenvalue weighted by Gasteiger charge is -2.20. The van der Waals surface area contributed by atoms with Gasteiger partial charge in [0, 0.05) is 22.1 Å². The van der Waals surface area contributed by atoms with Crippen molar-refractivity contribution < 1.29 is 27.0 Å². The van der Waals surface area contributed by atoms with Gasteiger partial charge in [0.1, 0.15) is 11.4 Å². The van der Waals surface area contributed by atoms with Crippen molar-refractivity contribution in [1.82, 2.24) is 3.97 Å². The summed E-state index contributed by atoms with van der Waals surface area (Å²) in [5, 5.41) is 0.904. The first-order chi connectivity index (χ1) is 17.7. The fourth-order valence-electron chi connectivity index (χ4n) is 4.28. The first kappa shape index (κ1) is 27.1. The van der Waals surface area contributed by atoms with Gasteiger partial charge in [-0.3, -0.25) is 9.36 Å². The number of halogens is 1. The van der Waals surface area contributed by atoms with Crippen LogP contribution in [0.15, 0.2) is 77.7 Å². The van der Waals surface area contributed by atoms with Crippen LogP contribution in [0.4, 0.5) is 0 Å². The SMILES string of the molecule is CCCC(=O)c1c(P(=O)(OCC)c2ccc(OC)cc2)c2cc(Cl)ccc2n1S(=O)(=O)c1ccccc1. The molecule has 1 unspecified atom stereocenters. The molecule has 0 aliphatic heterocycles. The molecular weight excluding hydrogens is 533 g/mol. The highest BCUT2D eigenvalue weighted by molar-refractivity contribution is 7.90. The van der Waals surface area contributed by atoms with Gasteiger partial charge in [-0.05, 0) is 67.9 Å². The fraction of sp³-hybridized carbons (Fsp3) is 0.222. The van der Waals surface area contributed by atoms with Crippen LogP contribution in [0.1, 0.15) is 37.2 Å². The predicted molar refractivity (Wildman–Crippen MR) is 147 cm³/mol. The molecule has 0 amide bonds. The van der Waals surface area contributed by atoms with E-state index in [1.165, 1.54) is 37.4 Å². The van der Waals surface area contributed by atoms with E-state index in [1.54, 1.807) is 49.4 Å². The van der Waals surface area contributed by atoms with Crippen LogP contribution < -0.4 is 15.3 Å². The van der Waals surface area contributed by atoms with E-state index < -0.39 is 23.2 Å². The maximum absolute atomic E-state index is 14.9. The van der Waals surface area contributed by atoms with E-state index in [-0.39, 0.29) is 39.8 Å². The van der Waals surface area contributed by atoms with Crippen LogP contribution in [0.3, 0.4) is 0 Å². The highest BCUT2D eigenvalue weighted by atomic mass is 35.5. The number of benzene rings is 3. The van der Waals surface area contributed by atoms with Crippen LogP contribution >= 0.6 is 19.0 Å². The Labute approximate surface area is 221 Å². The zero-order valence-electron chi connectivity index (χ0n) is 20.7. The van der Waals surface area contributed by atoms with Gasteiger partial charge < -0.3 is 9.26 Å². The van der Waals surface area contributed by atoms with Crippen LogP contribution in [0, 0.1) is 0 Å². The van der Waals surface area contributed by atoms with Gasteiger partial charge in [0.25, 0.3) is 17.4 Å². The second kappa shape index (κ2) is 10.8. The number of fused-ring (bicyclic) bond motifs is 1. The van der Waals surface area contributed by atoms with E-state index in [1.807, 2.05) is 6.92 Å². The predicted octanol–water partition coefficient (Wildman–Crippen LogP) is 5.79. The first-order valence-electron chi connectivity index (χ1n) is 11.8. The number of rotatable bonds is 10.